The summed E-state index contributed by atoms with van der Waals surface area (Å²) in [7, 11) is -3.70. The maximum Gasteiger partial charge on any atom is 0.261 e. The van der Waals surface area contributed by atoms with Gasteiger partial charge in [0.1, 0.15) is 0 Å². The molecule has 4 rings (SSSR count). The molecule has 0 radical (unpaired) electrons. The number of aromatic nitrogens is 1. The van der Waals surface area contributed by atoms with E-state index in [4.69, 9.17) is 0 Å². The Morgan fingerprint density at radius 3 is 2.42 bits per heavy atom. The van der Waals surface area contributed by atoms with E-state index < -0.39 is 10.0 Å². The summed E-state index contributed by atoms with van der Waals surface area (Å²) < 4.78 is 28.1. The summed E-state index contributed by atoms with van der Waals surface area (Å²) >= 11 is 1.44. The van der Waals surface area contributed by atoms with E-state index in [9.17, 15) is 8.42 Å². The molecule has 0 saturated heterocycles. The summed E-state index contributed by atoms with van der Waals surface area (Å²) in [5.74, 6) is 0. The van der Waals surface area contributed by atoms with E-state index in [1.807, 2.05) is 48.7 Å². The first-order valence-electron chi connectivity index (χ1n) is 9.50. The molecule has 0 saturated carbocycles. The lowest BCUT2D eigenvalue weighted by Gasteiger charge is -2.10. The molecule has 0 spiro atoms. The standard InChI is InChI=1S/C23H20N4O2S2/c1-17-11-13-20(14-12-17)31(28,29)27-21-10-6-5-9-19(21)15-24-26-23-25-22(16-30-23)18-7-3-2-4-8-18/h2-16,27H,1H3,(H,25,26). The van der Waals surface area contributed by atoms with E-state index in [0.717, 1.165) is 16.8 Å². The van der Waals surface area contributed by atoms with Crippen LogP contribution in [0.15, 0.2) is 94.2 Å². The van der Waals surface area contributed by atoms with Crippen LogP contribution in [0.2, 0.25) is 0 Å². The number of thiazole rings is 1. The average Bonchev–Trinajstić information content (AvgIpc) is 3.25. The fourth-order valence-corrected chi connectivity index (χ4v) is 4.60. The van der Waals surface area contributed by atoms with Gasteiger partial charge >= 0.3 is 0 Å². The molecule has 8 heteroatoms. The van der Waals surface area contributed by atoms with Crippen molar-refractivity contribution in [2.45, 2.75) is 11.8 Å². The van der Waals surface area contributed by atoms with Gasteiger partial charge in [0.15, 0.2) is 0 Å². The molecule has 1 aromatic heterocycles. The second kappa shape index (κ2) is 9.11. The van der Waals surface area contributed by atoms with E-state index >= 15 is 0 Å². The van der Waals surface area contributed by atoms with Crippen molar-refractivity contribution in [3.63, 3.8) is 0 Å². The molecule has 0 amide bonds. The number of para-hydroxylation sites is 1. The molecule has 0 atom stereocenters. The Labute approximate surface area is 185 Å². The Hall–Kier alpha value is -3.49. The second-order valence-electron chi connectivity index (χ2n) is 6.78. The van der Waals surface area contributed by atoms with Crippen molar-refractivity contribution < 1.29 is 8.42 Å². The minimum atomic E-state index is -3.70. The smallest absolute Gasteiger partial charge is 0.261 e. The molecule has 31 heavy (non-hydrogen) atoms. The van der Waals surface area contributed by atoms with Crippen LogP contribution >= 0.6 is 11.3 Å². The number of hydrogen-bond donors (Lipinski definition) is 2. The summed E-state index contributed by atoms with van der Waals surface area (Å²) in [6, 6.07) is 23.7. The van der Waals surface area contributed by atoms with Gasteiger partial charge < -0.3 is 0 Å². The van der Waals surface area contributed by atoms with Gasteiger partial charge in [0.05, 0.1) is 22.5 Å². The van der Waals surface area contributed by atoms with Crippen molar-refractivity contribution >= 4 is 38.4 Å². The van der Waals surface area contributed by atoms with Gasteiger partial charge in [-0.1, -0.05) is 66.2 Å². The molecule has 0 fully saturated rings. The molecule has 2 N–H and O–H groups in total. The number of sulfonamides is 1. The normalized spacial score (nSPS) is 11.5. The lowest BCUT2D eigenvalue weighted by atomic mass is 10.2. The SMILES string of the molecule is Cc1ccc(S(=O)(=O)Nc2ccccc2C=NNc2nc(-c3ccccc3)cs2)cc1. The lowest BCUT2D eigenvalue weighted by Crippen LogP contribution is -2.14. The van der Waals surface area contributed by atoms with E-state index in [-0.39, 0.29) is 4.90 Å². The summed E-state index contributed by atoms with van der Waals surface area (Å²) in [6.07, 6.45) is 1.57. The zero-order chi connectivity index (χ0) is 21.7. The monoisotopic (exact) mass is 448 g/mol. The fraction of sp³-hybridized carbons (Fsp3) is 0.0435. The van der Waals surface area contributed by atoms with E-state index in [2.05, 4.69) is 20.2 Å². The van der Waals surface area contributed by atoms with Gasteiger partial charge in [-0.3, -0.25) is 10.1 Å². The molecule has 4 aromatic rings. The molecule has 0 unspecified atom stereocenters. The largest absolute Gasteiger partial charge is 0.279 e. The van der Waals surface area contributed by atoms with Gasteiger partial charge in [0, 0.05) is 16.5 Å². The van der Waals surface area contributed by atoms with Crippen molar-refractivity contribution in [1.82, 2.24) is 4.98 Å². The van der Waals surface area contributed by atoms with Crippen molar-refractivity contribution in [3.8, 4) is 11.3 Å². The first-order chi connectivity index (χ1) is 15.0. The van der Waals surface area contributed by atoms with Crippen molar-refractivity contribution in [2.75, 3.05) is 10.1 Å². The average molecular weight is 449 g/mol. The van der Waals surface area contributed by atoms with Gasteiger partial charge in [-0.25, -0.2) is 13.4 Å². The summed E-state index contributed by atoms with van der Waals surface area (Å²) in [5, 5.41) is 6.83. The lowest BCUT2D eigenvalue weighted by molar-refractivity contribution is 0.601. The minimum absolute atomic E-state index is 0.208. The maximum atomic E-state index is 12.7. The summed E-state index contributed by atoms with van der Waals surface area (Å²) in [5.41, 5.74) is 6.88. The summed E-state index contributed by atoms with van der Waals surface area (Å²) in [4.78, 5) is 4.73. The first-order valence-corrected chi connectivity index (χ1v) is 11.9. The number of nitrogens with zero attached hydrogens (tertiary/aromatic N) is 2. The second-order valence-corrected chi connectivity index (χ2v) is 9.32. The first kappa shape index (κ1) is 20.8. The van der Waals surface area contributed by atoms with E-state index in [1.165, 1.54) is 11.3 Å². The molecular weight excluding hydrogens is 428 g/mol. The Bertz CT molecular complexity index is 1300. The minimum Gasteiger partial charge on any atom is -0.279 e. The molecule has 6 nitrogen and oxygen atoms in total. The van der Waals surface area contributed by atoms with Crippen LogP contribution in [0.25, 0.3) is 11.3 Å². The van der Waals surface area contributed by atoms with E-state index in [0.29, 0.717) is 16.4 Å². The van der Waals surface area contributed by atoms with Crippen LogP contribution in [0.5, 0.6) is 0 Å². The molecular formula is C23H20N4O2S2. The highest BCUT2D eigenvalue weighted by molar-refractivity contribution is 7.92. The Kier molecular flexibility index (Phi) is 6.11. The van der Waals surface area contributed by atoms with Crippen LogP contribution in [0.3, 0.4) is 0 Å². The van der Waals surface area contributed by atoms with Crippen LogP contribution in [0, 0.1) is 6.92 Å². The number of benzene rings is 3. The zero-order valence-electron chi connectivity index (χ0n) is 16.7. The number of nitrogens with one attached hydrogen (secondary N) is 2. The van der Waals surface area contributed by atoms with Gasteiger partial charge in [-0.2, -0.15) is 5.10 Å². The van der Waals surface area contributed by atoms with Crippen molar-refractivity contribution in [3.05, 3.63) is 95.4 Å². The Morgan fingerprint density at radius 2 is 1.65 bits per heavy atom. The number of hydrogen-bond acceptors (Lipinski definition) is 6. The molecule has 0 aliphatic rings. The van der Waals surface area contributed by atoms with Crippen LogP contribution in [0.1, 0.15) is 11.1 Å². The van der Waals surface area contributed by atoms with Gasteiger partial charge in [0.2, 0.25) is 5.13 Å². The molecule has 0 bridgehead atoms. The molecule has 3 aromatic carbocycles. The van der Waals surface area contributed by atoms with Gasteiger partial charge in [-0.05, 0) is 25.1 Å². The fourth-order valence-electron chi connectivity index (χ4n) is 2.85. The quantitative estimate of drug-likeness (QED) is 0.294. The number of hydrazone groups is 1. The zero-order valence-corrected chi connectivity index (χ0v) is 18.3. The molecule has 0 aliphatic carbocycles. The highest BCUT2D eigenvalue weighted by atomic mass is 32.2. The maximum absolute atomic E-state index is 12.7. The number of aryl methyl sites for hydroxylation is 1. The number of anilines is 2. The van der Waals surface area contributed by atoms with Gasteiger partial charge in [0.25, 0.3) is 10.0 Å². The van der Waals surface area contributed by atoms with Gasteiger partial charge in [-0.15, -0.1) is 11.3 Å². The molecule has 0 aliphatic heterocycles. The highest BCUT2D eigenvalue weighted by Crippen LogP contribution is 2.25. The van der Waals surface area contributed by atoms with Crippen LogP contribution in [-0.4, -0.2) is 19.6 Å². The van der Waals surface area contributed by atoms with Crippen molar-refractivity contribution in [2.24, 2.45) is 5.10 Å². The van der Waals surface area contributed by atoms with Crippen LogP contribution < -0.4 is 10.1 Å². The third-order valence-corrected chi connectivity index (χ3v) is 6.60. The van der Waals surface area contributed by atoms with Crippen LogP contribution in [-0.2, 0) is 10.0 Å². The third kappa shape index (κ3) is 5.17. The topological polar surface area (TPSA) is 83.5 Å². The summed E-state index contributed by atoms with van der Waals surface area (Å²) in [6.45, 7) is 1.91. The third-order valence-electron chi connectivity index (χ3n) is 4.47. The predicted molar refractivity (Wildman–Crippen MR) is 127 cm³/mol. The Balaban J connectivity index is 1.48. The van der Waals surface area contributed by atoms with Crippen LogP contribution in [0.4, 0.5) is 10.8 Å². The number of rotatable bonds is 7. The Morgan fingerprint density at radius 1 is 0.935 bits per heavy atom. The molecule has 156 valence electrons. The molecule has 1 heterocycles. The predicted octanol–water partition coefficient (Wildman–Crippen LogP) is 5.37. The van der Waals surface area contributed by atoms with Crippen molar-refractivity contribution in [1.29, 1.82) is 0 Å². The van der Waals surface area contributed by atoms with E-state index in [1.54, 1.807) is 48.7 Å². The highest BCUT2D eigenvalue weighted by Gasteiger charge is 2.15.